The van der Waals surface area contributed by atoms with Gasteiger partial charge in [-0.1, -0.05) is 17.7 Å². The number of pyridine rings is 1. The van der Waals surface area contributed by atoms with Crippen molar-refractivity contribution >= 4 is 29.2 Å². The molecule has 1 heterocycles. The van der Waals surface area contributed by atoms with E-state index in [1.807, 2.05) is 39.8 Å². The van der Waals surface area contributed by atoms with Crippen LogP contribution in [0.3, 0.4) is 0 Å². The molecule has 6 nitrogen and oxygen atoms in total. The van der Waals surface area contributed by atoms with E-state index in [9.17, 15) is 9.59 Å². The van der Waals surface area contributed by atoms with E-state index in [-0.39, 0.29) is 18.0 Å². The second-order valence-electron chi connectivity index (χ2n) is 6.38. The molecule has 0 aliphatic heterocycles. The number of urea groups is 1. The molecule has 0 spiro atoms. The van der Waals surface area contributed by atoms with Gasteiger partial charge in [-0.2, -0.15) is 0 Å². The zero-order valence-electron chi connectivity index (χ0n) is 15.3. The second kappa shape index (κ2) is 8.67. The number of benzene rings is 1. The van der Waals surface area contributed by atoms with Crippen molar-refractivity contribution in [1.82, 2.24) is 15.6 Å². The molecule has 7 heteroatoms. The summed E-state index contributed by atoms with van der Waals surface area (Å²) in [5, 5.41) is 8.66. The predicted molar refractivity (Wildman–Crippen MR) is 104 cm³/mol. The monoisotopic (exact) mass is 374 g/mol. The van der Waals surface area contributed by atoms with Crippen LogP contribution in [0.5, 0.6) is 0 Å². The summed E-state index contributed by atoms with van der Waals surface area (Å²) in [6, 6.07) is 7.93. The van der Waals surface area contributed by atoms with Crippen molar-refractivity contribution in [2.24, 2.45) is 0 Å². The van der Waals surface area contributed by atoms with Crippen molar-refractivity contribution in [3.05, 3.63) is 58.4 Å². The maximum Gasteiger partial charge on any atom is 0.319 e. The van der Waals surface area contributed by atoms with Gasteiger partial charge >= 0.3 is 6.03 Å². The summed E-state index contributed by atoms with van der Waals surface area (Å²) in [6.07, 6.45) is 1.73. The van der Waals surface area contributed by atoms with Crippen LogP contribution in [0.15, 0.2) is 36.5 Å². The van der Waals surface area contributed by atoms with Gasteiger partial charge in [0.05, 0.1) is 16.8 Å². The van der Waals surface area contributed by atoms with Crippen LogP contribution in [-0.2, 0) is 0 Å². The van der Waals surface area contributed by atoms with Gasteiger partial charge in [-0.3, -0.25) is 9.78 Å². The number of rotatable bonds is 5. The van der Waals surface area contributed by atoms with E-state index in [1.165, 1.54) is 0 Å². The molecule has 2 aromatic rings. The Morgan fingerprint density at radius 2 is 1.81 bits per heavy atom. The van der Waals surface area contributed by atoms with Crippen molar-refractivity contribution < 1.29 is 9.59 Å². The maximum absolute atomic E-state index is 12.3. The lowest BCUT2D eigenvalue weighted by Gasteiger charge is -2.16. The first-order valence-electron chi connectivity index (χ1n) is 8.36. The largest absolute Gasteiger partial charge is 0.350 e. The molecule has 138 valence electrons. The van der Waals surface area contributed by atoms with Gasteiger partial charge in [0.15, 0.2) is 0 Å². The van der Waals surface area contributed by atoms with Crippen molar-refractivity contribution in [2.45, 2.75) is 39.8 Å². The zero-order valence-corrected chi connectivity index (χ0v) is 16.0. The summed E-state index contributed by atoms with van der Waals surface area (Å²) in [7, 11) is 0. The quantitative estimate of drug-likeness (QED) is 0.737. The second-order valence-corrected chi connectivity index (χ2v) is 6.78. The molecule has 0 saturated heterocycles. The molecular formula is C19H23ClN4O2. The molecule has 0 bridgehead atoms. The molecule has 0 fully saturated rings. The average Bonchev–Trinajstić information content (AvgIpc) is 2.56. The lowest BCUT2D eigenvalue weighted by molar-refractivity contribution is 0.0943. The smallest absolute Gasteiger partial charge is 0.319 e. The minimum Gasteiger partial charge on any atom is -0.350 e. The van der Waals surface area contributed by atoms with E-state index in [4.69, 9.17) is 11.6 Å². The van der Waals surface area contributed by atoms with Crippen LogP contribution >= 0.6 is 11.6 Å². The third-order valence-corrected chi connectivity index (χ3v) is 4.01. The summed E-state index contributed by atoms with van der Waals surface area (Å²) >= 11 is 6.14. The number of aromatic nitrogens is 1. The molecule has 3 amide bonds. The van der Waals surface area contributed by atoms with Crippen molar-refractivity contribution in [3.63, 3.8) is 0 Å². The lowest BCUT2D eigenvalue weighted by Crippen LogP contribution is -2.32. The first-order valence-corrected chi connectivity index (χ1v) is 8.74. The summed E-state index contributed by atoms with van der Waals surface area (Å²) in [6.45, 7) is 7.52. The Balaban J connectivity index is 2.06. The third-order valence-electron chi connectivity index (χ3n) is 3.68. The topological polar surface area (TPSA) is 83.1 Å². The van der Waals surface area contributed by atoms with E-state index in [0.29, 0.717) is 16.3 Å². The standard InChI is InChI=1S/C19H23ClN4O2/c1-11(2)22-18(25)14-7-8-16(20)17(9-14)24-19(26)23-13(4)15-6-5-12(3)21-10-15/h5-11,13H,1-4H3,(H,22,25)(H2,23,24,26)/t13-/m0/s1. The van der Waals surface area contributed by atoms with Crippen LogP contribution < -0.4 is 16.0 Å². The maximum atomic E-state index is 12.3. The number of aryl methyl sites for hydroxylation is 1. The van der Waals surface area contributed by atoms with Gasteiger partial charge in [0.2, 0.25) is 0 Å². The van der Waals surface area contributed by atoms with Crippen molar-refractivity contribution in [1.29, 1.82) is 0 Å². The van der Waals surface area contributed by atoms with Crippen LogP contribution in [0.1, 0.15) is 48.4 Å². The summed E-state index contributed by atoms with van der Waals surface area (Å²) in [4.78, 5) is 28.6. The number of anilines is 1. The minimum atomic E-state index is -0.415. The fourth-order valence-electron chi connectivity index (χ4n) is 2.28. The van der Waals surface area contributed by atoms with Gasteiger partial charge in [0, 0.05) is 23.5 Å². The molecular weight excluding hydrogens is 352 g/mol. The number of nitrogens with zero attached hydrogens (tertiary/aromatic N) is 1. The Morgan fingerprint density at radius 3 is 2.42 bits per heavy atom. The van der Waals surface area contributed by atoms with E-state index in [2.05, 4.69) is 20.9 Å². The van der Waals surface area contributed by atoms with Crippen LogP contribution in [0.25, 0.3) is 0 Å². The van der Waals surface area contributed by atoms with Crippen molar-refractivity contribution in [3.8, 4) is 0 Å². The summed E-state index contributed by atoms with van der Waals surface area (Å²) in [5.74, 6) is -0.223. The Morgan fingerprint density at radius 1 is 1.08 bits per heavy atom. The predicted octanol–water partition coefficient (Wildman–Crippen LogP) is 4.06. The van der Waals surface area contributed by atoms with Crippen LogP contribution in [0.2, 0.25) is 5.02 Å². The van der Waals surface area contributed by atoms with Gasteiger partial charge < -0.3 is 16.0 Å². The molecule has 0 radical (unpaired) electrons. The van der Waals surface area contributed by atoms with Gasteiger partial charge in [-0.15, -0.1) is 0 Å². The van der Waals surface area contributed by atoms with Gasteiger partial charge in [0.25, 0.3) is 5.91 Å². The SMILES string of the molecule is Cc1ccc([C@H](C)NC(=O)Nc2cc(C(=O)NC(C)C)ccc2Cl)cn1. The zero-order chi connectivity index (χ0) is 19.3. The Kier molecular flexibility index (Phi) is 6.58. The molecule has 0 aliphatic carbocycles. The molecule has 1 aromatic carbocycles. The number of carbonyl (C=O) groups is 2. The molecule has 2 rings (SSSR count). The molecule has 0 unspecified atom stereocenters. The highest BCUT2D eigenvalue weighted by atomic mass is 35.5. The van der Waals surface area contributed by atoms with Crippen LogP contribution in [-0.4, -0.2) is 23.0 Å². The summed E-state index contributed by atoms with van der Waals surface area (Å²) in [5.41, 5.74) is 2.60. The van der Waals surface area contributed by atoms with Gasteiger partial charge in [-0.25, -0.2) is 4.79 Å². The average molecular weight is 375 g/mol. The van der Waals surface area contributed by atoms with Gasteiger partial charge in [0.1, 0.15) is 0 Å². The number of amides is 3. The fraction of sp³-hybridized carbons (Fsp3) is 0.316. The van der Waals surface area contributed by atoms with E-state index < -0.39 is 6.03 Å². The first-order chi connectivity index (χ1) is 12.3. The third kappa shape index (κ3) is 5.46. The Bertz CT molecular complexity index is 791. The van der Waals surface area contributed by atoms with Crippen LogP contribution in [0.4, 0.5) is 10.5 Å². The number of halogens is 1. The first kappa shape index (κ1) is 19.7. The van der Waals surface area contributed by atoms with Crippen LogP contribution in [0, 0.1) is 6.92 Å². The lowest BCUT2D eigenvalue weighted by atomic mass is 10.1. The Hall–Kier alpha value is -2.60. The number of hydrogen-bond acceptors (Lipinski definition) is 3. The molecule has 3 N–H and O–H groups in total. The summed E-state index contributed by atoms with van der Waals surface area (Å²) < 4.78 is 0. The number of hydrogen-bond donors (Lipinski definition) is 3. The van der Waals surface area contributed by atoms with E-state index in [0.717, 1.165) is 11.3 Å². The Labute approximate surface area is 158 Å². The normalized spacial score (nSPS) is 11.8. The van der Waals surface area contributed by atoms with E-state index >= 15 is 0 Å². The highest BCUT2D eigenvalue weighted by molar-refractivity contribution is 6.33. The molecule has 1 atom stereocenters. The molecule has 1 aromatic heterocycles. The highest BCUT2D eigenvalue weighted by Crippen LogP contribution is 2.23. The number of nitrogens with one attached hydrogen (secondary N) is 3. The molecule has 26 heavy (non-hydrogen) atoms. The van der Waals surface area contributed by atoms with Crippen molar-refractivity contribution in [2.75, 3.05) is 5.32 Å². The number of carbonyl (C=O) groups excluding carboxylic acids is 2. The minimum absolute atomic E-state index is 0.0156. The van der Waals surface area contributed by atoms with E-state index in [1.54, 1.807) is 24.4 Å². The fourth-order valence-corrected chi connectivity index (χ4v) is 2.45. The molecule has 0 aliphatic rings. The van der Waals surface area contributed by atoms with Gasteiger partial charge in [-0.05, 0) is 57.5 Å². The molecule has 0 saturated carbocycles. The highest BCUT2D eigenvalue weighted by Gasteiger charge is 2.14.